The fourth-order valence-corrected chi connectivity index (χ4v) is 4.05. The number of fused-ring (bicyclic) bond motifs is 1. The average molecular weight is 498 g/mol. The van der Waals surface area contributed by atoms with E-state index in [1.165, 1.54) is 41.9 Å². The van der Waals surface area contributed by atoms with E-state index < -0.39 is 0 Å². The fraction of sp³-hybridized carbons (Fsp3) is 0.500. The molecular weight excluding hydrogens is 470 g/mol. The second-order valence-electron chi connectivity index (χ2n) is 7.33. The summed E-state index contributed by atoms with van der Waals surface area (Å²) in [6.45, 7) is 3.92. The van der Waals surface area contributed by atoms with E-state index in [2.05, 4.69) is 19.9 Å². The zero-order valence-corrected chi connectivity index (χ0v) is 18.6. The summed E-state index contributed by atoms with van der Waals surface area (Å²) in [4.78, 5) is 9.04. The van der Waals surface area contributed by atoms with Crippen LogP contribution in [-0.2, 0) is 26.4 Å². The average Bonchev–Trinajstić information content (AvgIpc) is 3.02. The van der Waals surface area contributed by atoms with Crippen LogP contribution in [0.2, 0.25) is 0 Å². The van der Waals surface area contributed by atoms with Crippen molar-refractivity contribution in [2.45, 2.75) is 32.2 Å². The van der Waals surface area contributed by atoms with Crippen molar-refractivity contribution in [3.63, 3.8) is 0 Å². The Morgan fingerprint density at radius 2 is 1.79 bits per heavy atom. The third-order valence-corrected chi connectivity index (χ3v) is 5.63. The number of guanidine groups is 1. The molecule has 0 atom stereocenters. The number of halogens is 2. The molecule has 0 spiro atoms. The van der Waals surface area contributed by atoms with E-state index in [1.807, 2.05) is 23.9 Å². The zero-order valence-electron chi connectivity index (χ0n) is 16.3. The monoisotopic (exact) mass is 498 g/mol. The van der Waals surface area contributed by atoms with Gasteiger partial charge in [-0.2, -0.15) is 5.10 Å². The lowest BCUT2D eigenvalue weighted by atomic mass is 9.96. The predicted octanol–water partition coefficient (Wildman–Crippen LogP) is 2.69. The van der Waals surface area contributed by atoms with Gasteiger partial charge in [-0.1, -0.05) is 0 Å². The van der Waals surface area contributed by atoms with Crippen LogP contribution < -0.4 is 10.6 Å². The summed E-state index contributed by atoms with van der Waals surface area (Å²) >= 11 is 0. The Labute approximate surface area is 182 Å². The van der Waals surface area contributed by atoms with Gasteiger partial charge in [-0.25, -0.2) is 9.38 Å². The smallest absolute Gasteiger partial charge is 0.191 e. The lowest BCUT2D eigenvalue weighted by Gasteiger charge is -2.36. The third kappa shape index (κ3) is 4.42. The molecule has 1 aliphatic carbocycles. The van der Waals surface area contributed by atoms with Crippen molar-refractivity contribution in [3.8, 4) is 0 Å². The number of nitrogens with two attached hydrogens (primary N) is 1. The number of nitrogens with zero attached hydrogens (tertiary/aromatic N) is 5. The van der Waals surface area contributed by atoms with E-state index in [9.17, 15) is 4.39 Å². The van der Waals surface area contributed by atoms with Crippen LogP contribution in [0.15, 0.2) is 29.3 Å². The van der Waals surface area contributed by atoms with Gasteiger partial charge in [0.25, 0.3) is 0 Å². The molecule has 152 valence electrons. The van der Waals surface area contributed by atoms with Crippen molar-refractivity contribution in [1.29, 1.82) is 0 Å². The van der Waals surface area contributed by atoms with E-state index in [4.69, 9.17) is 5.73 Å². The molecule has 0 bridgehead atoms. The first kappa shape index (κ1) is 20.9. The highest BCUT2D eigenvalue weighted by Gasteiger charge is 2.21. The quantitative estimate of drug-likeness (QED) is 0.402. The van der Waals surface area contributed by atoms with Crippen LogP contribution in [0.25, 0.3) is 0 Å². The first-order chi connectivity index (χ1) is 13.1. The molecule has 6 nitrogen and oxygen atoms in total. The molecule has 0 saturated carbocycles. The molecule has 2 heterocycles. The van der Waals surface area contributed by atoms with Gasteiger partial charge >= 0.3 is 0 Å². The molecule has 1 saturated heterocycles. The van der Waals surface area contributed by atoms with Crippen LogP contribution >= 0.6 is 24.0 Å². The largest absolute Gasteiger partial charge is 0.370 e. The van der Waals surface area contributed by atoms with Gasteiger partial charge in [-0.3, -0.25) is 4.68 Å². The molecule has 8 heteroatoms. The molecule has 2 N–H and O–H groups in total. The van der Waals surface area contributed by atoms with E-state index >= 15 is 0 Å². The Balaban J connectivity index is 0.00000225. The van der Waals surface area contributed by atoms with E-state index in [0.717, 1.165) is 44.7 Å². The Bertz CT molecular complexity index is 824. The van der Waals surface area contributed by atoms with E-state index in [0.29, 0.717) is 12.5 Å². The normalized spacial score (nSPS) is 17.3. The van der Waals surface area contributed by atoms with Crippen LogP contribution in [0.4, 0.5) is 10.1 Å². The summed E-state index contributed by atoms with van der Waals surface area (Å²) in [5.41, 5.74) is 11.1. The van der Waals surface area contributed by atoms with Gasteiger partial charge in [-0.05, 0) is 55.5 Å². The third-order valence-electron chi connectivity index (χ3n) is 5.63. The fourth-order valence-electron chi connectivity index (χ4n) is 4.05. The summed E-state index contributed by atoms with van der Waals surface area (Å²) in [5.74, 6) is 0.394. The molecule has 0 unspecified atom stereocenters. The topological polar surface area (TPSA) is 62.7 Å². The van der Waals surface area contributed by atoms with Crippen molar-refractivity contribution in [2.24, 2.45) is 17.8 Å². The Kier molecular flexibility index (Phi) is 6.79. The Morgan fingerprint density at radius 1 is 1.11 bits per heavy atom. The molecule has 1 aliphatic heterocycles. The van der Waals surface area contributed by atoms with Gasteiger partial charge < -0.3 is 15.5 Å². The number of benzene rings is 1. The molecule has 0 amide bonds. The maximum absolute atomic E-state index is 13.1. The van der Waals surface area contributed by atoms with Gasteiger partial charge in [0, 0.05) is 38.9 Å². The number of rotatable bonds is 3. The number of anilines is 1. The summed E-state index contributed by atoms with van der Waals surface area (Å²) in [6.07, 6.45) is 4.64. The second kappa shape index (κ2) is 9.11. The molecule has 1 aromatic carbocycles. The minimum atomic E-state index is -0.203. The molecule has 0 radical (unpaired) electrons. The highest BCUT2D eigenvalue weighted by Crippen LogP contribution is 2.24. The lowest BCUT2D eigenvalue weighted by Crippen LogP contribution is -2.51. The van der Waals surface area contributed by atoms with Gasteiger partial charge in [0.2, 0.25) is 0 Å². The van der Waals surface area contributed by atoms with Crippen molar-refractivity contribution in [2.75, 3.05) is 31.1 Å². The summed E-state index contributed by atoms with van der Waals surface area (Å²) in [5, 5.41) is 4.65. The Morgan fingerprint density at radius 3 is 2.50 bits per heavy atom. The van der Waals surface area contributed by atoms with Crippen LogP contribution in [-0.4, -0.2) is 46.8 Å². The standard InChI is InChI=1S/C20H27FN6.HI/c1-25-19(17-4-2-3-5-18(17)24-25)14-23-20(22)27-12-10-26(11-13-27)16-8-6-15(21)7-9-16;/h6-9H,2-5,10-14H2,1H3,(H2,22,23);1H. The molecule has 2 aromatic rings. The van der Waals surface area contributed by atoms with Crippen molar-refractivity contribution in [1.82, 2.24) is 14.7 Å². The van der Waals surface area contributed by atoms with Gasteiger partial charge in [0.1, 0.15) is 5.82 Å². The number of aromatic nitrogens is 2. The number of piperazine rings is 1. The summed E-state index contributed by atoms with van der Waals surface area (Å²) in [6, 6.07) is 6.67. The highest BCUT2D eigenvalue weighted by atomic mass is 127. The van der Waals surface area contributed by atoms with Crippen LogP contribution in [0, 0.1) is 5.82 Å². The number of aryl methyl sites for hydroxylation is 2. The lowest BCUT2D eigenvalue weighted by molar-refractivity contribution is 0.380. The van der Waals surface area contributed by atoms with Crippen molar-refractivity contribution < 1.29 is 4.39 Å². The maximum Gasteiger partial charge on any atom is 0.191 e. The predicted molar refractivity (Wildman–Crippen MR) is 121 cm³/mol. The van der Waals surface area contributed by atoms with Crippen molar-refractivity contribution >= 4 is 35.6 Å². The molecule has 2 aliphatic rings. The first-order valence-corrected chi connectivity index (χ1v) is 9.71. The molecule has 1 aromatic heterocycles. The second-order valence-corrected chi connectivity index (χ2v) is 7.33. The van der Waals surface area contributed by atoms with Crippen molar-refractivity contribution in [3.05, 3.63) is 47.0 Å². The van der Waals surface area contributed by atoms with Gasteiger partial charge in [0.05, 0.1) is 17.9 Å². The SMILES string of the molecule is Cn1nc2c(c1CN=C(N)N1CCN(c3ccc(F)cc3)CC1)CCCC2.I. The number of aliphatic imine (C=N–C) groups is 1. The Hall–Kier alpha value is -1.84. The summed E-state index contributed by atoms with van der Waals surface area (Å²) < 4.78 is 15.1. The van der Waals surface area contributed by atoms with Crippen LogP contribution in [0.5, 0.6) is 0 Å². The summed E-state index contributed by atoms with van der Waals surface area (Å²) in [7, 11) is 2.00. The molecule has 4 rings (SSSR count). The van der Waals surface area contributed by atoms with Crippen LogP contribution in [0.3, 0.4) is 0 Å². The molecule has 1 fully saturated rings. The van der Waals surface area contributed by atoms with Gasteiger partial charge in [0.15, 0.2) is 5.96 Å². The minimum Gasteiger partial charge on any atom is -0.370 e. The zero-order chi connectivity index (χ0) is 18.8. The molecular formula is C20H28FIN6. The highest BCUT2D eigenvalue weighted by molar-refractivity contribution is 14.0. The number of hydrogen-bond acceptors (Lipinski definition) is 3. The maximum atomic E-state index is 13.1. The molecule has 28 heavy (non-hydrogen) atoms. The van der Waals surface area contributed by atoms with Crippen LogP contribution in [0.1, 0.15) is 29.8 Å². The van der Waals surface area contributed by atoms with Gasteiger partial charge in [-0.15, -0.1) is 24.0 Å². The number of hydrogen-bond donors (Lipinski definition) is 1. The van der Waals surface area contributed by atoms with E-state index in [-0.39, 0.29) is 29.8 Å². The van der Waals surface area contributed by atoms with E-state index in [1.54, 1.807) is 0 Å². The minimum absolute atomic E-state index is 0. The first-order valence-electron chi connectivity index (χ1n) is 9.71.